The normalized spacial score (nSPS) is 26.4. The Morgan fingerprint density at radius 1 is 1.17 bits per heavy atom. The van der Waals surface area contributed by atoms with Crippen LogP contribution in [-0.2, 0) is 17.6 Å². The molecule has 23 heavy (non-hydrogen) atoms. The second-order valence-electron chi connectivity index (χ2n) is 8.43. The van der Waals surface area contributed by atoms with Gasteiger partial charge in [-0.2, -0.15) is 0 Å². The van der Waals surface area contributed by atoms with E-state index < -0.39 is 0 Å². The topological polar surface area (TPSA) is 26.3 Å². The number of carbonyl (C=O) groups is 1. The molecule has 2 aliphatic rings. The highest BCUT2D eigenvalue weighted by Gasteiger charge is 2.44. The SMILES string of the molecule is COc1cc2c(cc1C(C)C)CC[C@H]1C(C2)C(=O)CCC1(C)C. The van der Waals surface area contributed by atoms with Crippen molar-refractivity contribution in [2.75, 3.05) is 7.11 Å². The van der Waals surface area contributed by atoms with Gasteiger partial charge in [0, 0.05) is 12.3 Å². The van der Waals surface area contributed by atoms with Crippen LogP contribution in [0.5, 0.6) is 5.75 Å². The van der Waals surface area contributed by atoms with Gasteiger partial charge in [-0.15, -0.1) is 0 Å². The van der Waals surface area contributed by atoms with Gasteiger partial charge in [0.25, 0.3) is 0 Å². The predicted octanol–water partition coefficient (Wildman–Crippen LogP) is 4.93. The smallest absolute Gasteiger partial charge is 0.136 e. The predicted molar refractivity (Wildman–Crippen MR) is 94.1 cm³/mol. The molecule has 0 amide bonds. The van der Waals surface area contributed by atoms with E-state index >= 15 is 0 Å². The Morgan fingerprint density at radius 2 is 1.91 bits per heavy atom. The monoisotopic (exact) mass is 314 g/mol. The van der Waals surface area contributed by atoms with Crippen LogP contribution in [0, 0.1) is 17.3 Å². The maximum Gasteiger partial charge on any atom is 0.136 e. The van der Waals surface area contributed by atoms with Crippen molar-refractivity contribution < 1.29 is 9.53 Å². The molecule has 0 heterocycles. The molecule has 1 fully saturated rings. The van der Waals surface area contributed by atoms with Crippen molar-refractivity contribution >= 4 is 5.78 Å². The summed E-state index contributed by atoms with van der Waals surface area (Å²) in [5.41, 5.74) is 4.35. The second-order valence-corrected chi connectivity index (χ2v) is 8.43. The molecule has 1 unspecified atom stereocenters. The molecule has 3 rings (SSSR count). The van der Waals surface area contributed by atoms with E-state index in [1.165, 1.54) is 16.7 Å². The molecule has 0 saturated heterocycles. The summed E-state index contributed by atoms with van der Waals surface area (Å²) in [4.78, 5) is 12.6. The second kappa shape index (κ2) is 5.96. The Bertz CT molecular complexity index is 613. The Balaban J connectivity index is 2.01. The zero-order valence-electron chi connectivity index (χ0n) is 15.2. The Labute approximate surface area is 140 Å². The molecule has 1 aromatic carbocycles. The van der Waals surface area contributed by atoms with E-state index in [0.717, 1.165) is 37.9 Å². The number of methoxy groups -OCH3 is 1. The fourth-order valence-corrected chi connectivity index (χ4v) is 4.72. The molecular weight excluding hydrogens is 284 g/mol. The molecule has 0 aliphatic heterocycles. The number of ketones is 1. The van der Waals surface area contributed by atoms with E-state index in [9.17, 15) is 4.79 Å². The third-order valence-electron chi connectivity index (χ3n) is 6.26. The van der Waals surface area contributed by atoms with Crippen LogP contribution in [0.4, 0.5) is 0 Å². The van der Waals surface area contributed by atoms with Gasteiger partial charge in [0.2, 0.25) is 0 Å². The van der Waals surface area contributed by atoms with E-state index in [-0.39, 0.29) is 11.3 Å². The lowest BCUT2D eigenvalue weighted by Crippen LogP contribution is -2.40. The molecule has 0 aromatic heterocycles. The number of ether oxygens (including phenoxy) is 1. The lowest BCUT2D eigenvalue weighted by molar-refractivity contribution is -0.131. The number of aryl methyl sites for hydroxylation is 1. The number of hydrogen-bond donors (Lipinski definition) is 0. The molecule has 2 nitrogen and oxygen atoms in total. The molecule has 0 bridgehead atoms. The zero-order valence-corrected chi connectivity index (χ0v) is 15.2. The van der Waals surface area contributed by atoms with Gasteiger partial charge in [0.05, 0.1) is 7.11 Å². The van der Waals surface area contributed by atoms with Crippen molar-refractivity contribution in [3.8, 4) is 5.75 Å². The fourth-order valence-electron chi connectivity index (χ4n) is 4.72. The highest BCUT2D eigenvalue weighted by Crippen LogP contribution is 2.48. The summed E-state index contributed by atoms with van der Waals surface area (Å²) in [5, 5.41) is 0. The summed E-state index contributed by atoms with van der Waals surface area (Å²) in [7, 11) is 1.75. The molecule has 0 spiro atoms. The lowest BCUT2D eigenvalue weighted by atomic mass is 9.61. The average molecular weight is 314 g/mol. The third kappa shape index (κ3) is 2.93. The molecule has 0 radical (unpaired) electrons. The average Bonchev–Trinajstić information content (AvgIpc) is 2.70. The molecular formula is C21H30O2. The van der Waals surface area contributed by atoms with Crippen LogP contribution >= 0.6 is 0 Å². The van der Waals surface area contributed by atoms with E-state index in [1.54, 1.807) is 7.11 Å². The number of benzene rings is 1. The van der Waals surface area contributed by atoms with Crippen molar-refractivity contribution in [1.82, 2.24) is 0 Å². The quantitative estimate of drug-likeness (QED) is 0.773. The van der Waals surface area contributed by atoms with Crippen LogP contribution < -0.4 is 4.74 Å². The van der Waals surface area contributed by atoms with E-state index in [1.807, 2.05) is 0 Å². The Hall–Kier alpha value is -1.31. The molecule has 1 saturated carbocycles. The minimum absolute atomic E-state index is 0.203. The summed E-state index contributed by atoms with van der Waals surface area (Å²) >= 11 is 0. The standard InChI is InChI=1S/C21H30O2/c1-13(2)16-10-14-6-7-18-17(11-15(14)12-20(16)23-5)19(22)8-9-21(18,3)4/h10,12-13,17-18H,6-9,11H2,1-5H3/t17?,18-/m0/s1. The van der Waals surface area contributed by atoms with Crippen LogP contribution in [0.2, 0.25) is 0 Å². The number of fused-ring (bicyclic) bond motifs is 2. The van der Waals surface area contributed by atoms with Gasteiger partial charge in [-0.05, 0) is 65.7 Å². The zero-order chi connectivity index (χ0) is 16.8. The van der Waals surface area contributed by atoms with Gasteiger partial charge in [-0.1, -0.05) is 33.8 Å². The van der Waals surface area contributed by atoms with Crippen molar-refractivity contribution in [3.63, 3.8) is 0 Å². The van der Waals surface area contributed by atoms with Gasteiger partial charge in [0.15, 0.2) is 0 Å². The number of Topliss-reactive ketones (excluding diaryl/α,β-unsaturated/α-hetero) is 1. The van der Waals surface area contributed by atoms with Crippen LogP contribution in [0.3, 0.4) is 0 Å². The highest BCUT2D eigenvalue weighted by atomic mass is 16.5. The molecule has 2 aliphatic carbocycles. The molecule has 0 N–H and O–H groups in total. The molecule has 126 valence electrons. The summed E-state index contributed by atoms with van der Waals surface area (Å²) in [6, 6.07) is 4.55. The van der Waals surface area contributed by atoms with Gasteiger partial charge in [-0.25, -0.2) is 0 Å². The van der Waals surface area contributed by atoms with Gasteiger partial charge >= 0.3 is 0 Å². The number of rotatable bonds is 2. The first kappa shape index (κ1) is 16.5. The number of carbonyl (C=O) groups excluding carboxylic acids is 1. The van der Waals surface area contributed by atoms with Crippen molar-refractivity contribution in [2.45, 2.75) is 65.7 Å². The van der Waals surface area contributed by atoms with E-state index in [4.69, 9.17) is 4.74 Å². The van der Waals surface area contributed by atoms with E-state index in [0.29, 0.717) is 17.6 Å². The van der Waals surface area contributed by atoms with Crippen LogP contribution in [-0.4, -0.2) is 12.9 Å². The summed E-state index contributed by atoms with van der Waals surface area (Å²) < 4.78 is 5.63. The lowest BCUT2D eigenvalue weighted by Gasteiger charge is -2.42. The summed E-state index contributed by atoms with van der Waals surface area (Å²) in [6.07, 6.45) is 4.93. The number of hydrogen-bond acceptors (Lipinski definition) is 2. The molecule has 1 aromatic rings. The maximum atomic E-state index is 12.6. The Morgan fingerprint density at radius 3 is 2.57 bits per heavy atom. The van der Waals surface area contributed by atoms with Crippen molar-refractivity contribution in [3.05, 3.63) is 28.8 Å². The van der Waals surface area contributed by atoms with Crippen LogP contribution in [0.1, 0.15) is 69.6 Å². The minimum Gasteiger partial charge on any atom is -0.496 e. The van der Waals surface area contributed by atoms with Crippen molar-refractivity contribution in [1.29, 1.82) is 0 Å². The van der Waals surface area contributed by atoms with Crippen LogP contribution in [0.25, 0.3) is 0 Å². The molecule has 2 heteroatoms. The first-order chi connectivity index (χ1) is 10.8. The first-order valence-corrected chi connectivity index (χ1v) is 9.06. The summed E-state index contributed by atoms with van der Waals surface area (Å²) in [6.45, 7) is 9.14. The Kier molecular flexibility index (Phi) is 4.29. The first-order valence-electron chi connectivity index (χ1n) is 9.06. The van der Waals surface area contributed by atoms with Crippen molar-refractivity contribution in [2.24, 2.45) is 17.3 Å². The molecule has 2 atom stereocenters. The fraction of sp³-hybridized carbons (Fsp3) is 0.667. The largest absolute Gasteiger partial charge is 0.496 e. The maximum absolute atomic E-state index is 12.6. The summed E-state index contributed by atoms with van der Waals surface area (Å²) in [5.74, 6) is 2.65. The van der Waals surface area contributed by atoms with Gasteiger partial charge < -0.3 is 4.74 Å². The van der Waals surface area contributed by atoms with Crippen LogP contribution in [0.15, 0.2) is 12.1 Å². The van der Waals surface area contributed by atoms with E-state index in [2.05, 4.69) is 39.8 Å². The minimum atomic E-state index is 0.203. The van der Waals surface area contributed by atoms with Gasteiger partial charge in [0.1, 0.15) is 11.5 Å². The third-order valence-corrected chi connectivity index (χ3v) is 6.26. The van der Waals surface area contributed by atoms with Gasteiger partial charge in [-0.3, -0.25) is 4.79 Å². The highest BCUT2D eigenvalue weighted by molar-refractivity contribution is 5.83.